The lowest BCUT2D eigenvalue weighted by Crippen LogP contribution is -2.51. The van der Waals surface area contributed by atoms with E-state index in [1.807, 2.05) is 0 Å². The first-order valence-electron chi connectivity index (χ1n) is 13.8. The molecule has 34 heavy (non-hydrogen) atoms. The lowest BCUT2D eigenvalue weighted by atomic mass is 9.47. The molecule has 0 aromatic carbocycles. The van der Waals surface area contributed by atoms with Crippen molar-refractivity contribution in [3.8, 4) is 0 Å². The summed E-state index contributed by atoms with van der Waals surface area (Å²) in [7, 11) is -4.39. The first-order chi connectivity index (χ1) is 15.8. The van der Waals surface area contributed by atoms with Crippen LogP contribution in [0.25, 0.3) is 0 Å². The van der Waals surface area contributed by atoms with Crippen molar-refractivity contribution < 1.29 is 17.2 Å². The molecule has 4 aliphatic rings. The van der Waals surface area contributed by atoms with Gasteiger partial charge in [0.1, 0.15) is 0 Å². The molecule has 3 saturated carbocycles. The van der Waals surface area contributed by atoms with E-state index in [0.29, 0.717) is 41.9 Å². The lowest BCUT2D eigenvalue weighted by Gasteiger charge is -2.58. The molecule has 5 heteroatoms. The van der Waals surface area contributed by atoms with Gasteiger partial charge >= 0.3 is 10.4 Å². The molecule has 0 amide bonds. The molecule has 0 spiro atoms. The van der Waals surface area contributed by atoms with E-state index >= 15 is 0 Å². The van der Waals surface area contributed by atoms with E-state index < -0.39 is 16.5 Å². The molecule has 9 unspecified atom stereocenters. The van der Waals surface area contributed by atoms with Crippen LogP contribution in [-0.4, -0.2) is 19.1 Å². The summed E-state index contributed by atoms with van der Waals surface area (Å²) in [6, 6.07) is 0. The third kappa shape index (κ3) is 4.70. The number of hydrogen-bond donors (Lipinski definition) is 1. The van der Waals surface area contributed by atoms with Gasteiger partial charge in [-0.2, -0.15) is 8.42 Å². The molecule has 0 heterocycles. The maximum Gasteiger partial charge on any atom is 0.397 e. The van der Waals surface area contributed by atoms with E-state index in [0.717, 1.165) is 30.6 Å². The Balaban J connectivity index is 1.52. The molecule has 194 valence electrons. The second-order valence-electron chi connectivity index (χ2n) is 13.2. The van der Waals surface area contributed by atoms with Gasteiger partial charge in [-0.25, -0.2) is 4.18 Å². The standard InChI is InChI=1S/C29H48O4S/c1-18(2)21(5)19(3)16-20(4)25-10-11-26-24-9-8-22-17-23(33-34(30,31)32)12-14-28(22,6)27(24)13-15-29(25,26)7/h8,16,18,20-21,23-27H,9-15,17H2,1-7H3,(H,30,31,32). The second kappa shape index (κ2) is 9.34. The van der Waals surface area contributed by atoms with Crippen molar-refractivity contribution in [1.29, 1.82) is 0 Å². The summed E-state index contributed by atoms with van der Waals surface area (Å²) < 4.78 is 36.7. The van der Waals surface area contributed by atoms with Crippen molar-refractivity contribution in [3.63, 3.8) is 0 Å². The molecule has 0 radical (unpaired) electrons. The average molecular weight is 493 g/mol. The molecule has 4 nitrogen and oxygen atoms in total. The highest BCUT2D eigenvalue weighted by Gasteiger charge is 2.59. The molecule has 0 aromatic rings. The van der Waals surface area contributed by atoms with Crippen LogP contribution in [-0.2, 0) is 14.6 Å². The van der Waals surface area contributed by atoms with Crippen LogP contribution < -0.4 is 0 Å². The minimum Gasteiger partial charge on any atom is -0.264 e. The van der Waals surface area contributed by atoms with Crippen molar-refractivity contribution in [2.75, 3.05) is 0 Å². The molecule has 4 aliphatic carbocycles. The van der Waals surface area contributed by atoms with Gasteiger partial charge in [0.15, 0.2) is 0 Å². The van der Waals surface area contributed by atoms with E-state index in [4.69, 9.17) is 8.74 Å². The summed E-state index contributed by atoms with van der Waals surface area (Å²) in [4.78, 5) is 0. The lowest BCUT2D eigenvalue weighted by molar-refractivity contribution is -0.0527. The van der Waals surface area contributed by atoms with Gasteiger partial charge in [0.05, 0.1) is 6.10 Å². The summed E-state index contributed by atoms with van der Waals surface area (Å²) >= 11 is 0. The van der Waals surface area contributed by atoms with Crippen LogP contribution in [0, 0.1) is 52.3 Å². The molecule has 1 N–H and O–H groups in total. The Hall–Kier alpha value is -0.650. The Morgan fingerprint density at radius 2 is 1.79 bits per heavy atom. The smallest absolute Gasteiger partial charge is 0.264 e. The van der Waals surface area contributed by atoms with Crippen molar-refractivity contribution in [3.05, 3.63) is 23.3 Å². The molecule has 4 rings (SSSR count). The maximum atomic E-state index is 11.3. The van der Waals surface area contributed by atoms with Crippen LogP contribution >= 0.6 is 0 Å². The summed E-state index contributed by atoms with van der Waals surface area (Å²) in [5.74, 6) is 4.94. The zero-order valence-corrected chi connectivity index (χ0v) is 23.3. The zero-order chi connectivity index (χ0) is 25.1. The van der Waals surface area contributed by atoms with Gasteiger partial charge in [0, 0.05) is 0 Å². The third-order valence-electron chi connectivity index (χ3n) is 11.3. The van der Waals surface area contributed by atoms with Crippen LogP contribution in [0.4, 0.5) is 0 Å². The van der Waals surface area contributed by atoms with Crippen LogP contribution in [0.1, 0.15) is 99.8 Å². The van der Waals surface area contributed by atoms with E-state index in [1.54, 1.807) is 5.57 Å². The largest absolute Gasteiger partial charge is 0.397 e. The predicted molar refractivity (Wildman–Crippen MR) is 139 cm³/mol. The highest BCUT2D eigenvalue weighted by molar-refractivity contribution is 7.80. The fourth-order valence-corrected chi connectivity index (χ4v) is 9.50. The second-order valence-corrected chi connectivity index (χ2v) is 14.2. The SMILES string of the molecule is CC(=CC(C)C1CCC2C3CC=C4CC(OS(=O)(=O)O)CCC4(C)C3CCC12C)C(C)C(C)C. The topological polar surface area (TPSA) is 63.6 Å². The Bertz CT molecular complexity index is 934. The average Bonchev–Trinajstić information content (AvgIpc) is 3.09. The van der Waals surface area contributed by atoms with Crippen LogP contribution in [0.5, 0.6) is 0 Å². The van der Waals surface area contributed by atoms with Crippen LogP contribution in [0.2, 0.25) is 0 Å². The molecular formula is C29H48O4S. The van der Waals surface area contributed by atoms with Gasteiger partial charge in [-0.1, -0.05) is 64.8 Å². The van der Waals surface area contributed by atoms with E-state index in [1.165, 1.54) is 31.3 Å². The van der Waals surface area contributed by atoms with Crippen molar-refractivity contribution >= 4 is 10.4 Å². The first-order valence-corrected chi connectivity index (χ1v) is 15.2. The van der Waals surface area contributed by atoms with Crippen molar-refractivity contribution in [2.24, 2.45) is 52.3 Å². The summed E-state index contributed by atoms with van der Waals surface area (Å²) in [6.45, 7) is 16.9. The molecule has 0 aliphatic heterocycles. The van der Waals surface area contributed by atoms with Gasteiger partial charge in [0.2, 0.25) is 0 Å². The molecular weight excluding hydrogens is 444 g/mol. The predicted octanol–water partition coefficient (Wildman–Crippen LogP) is 7.63. The first kappa shape index (κ1) is 26.4. The fraction of sp³-hybridized carbons (Fsp3) is 0.862. The van der Waals surface area contributed by atoms with Gasteiger partial charge in [-0.3, -0.25) is 4.55 Å². The molecule has 9 atom stereocenters. The number of hydrogen-bond acceptors (Lipinski definition) is 3. The zero-order valence-electron chi connectivity index (χ0n) is 22.5. The highest BCUT2D eigenvalue weighted by Crippen LogP contribution is 2.67. The van der Waals surface area contributed by atoms with Gasteiger partial charge in [-0.15, -0.1) is 0 Å². The Morgan fingerprint density at radius 1 is 1.09 bits per heavy atom. The van der Waals surface area contributed by atoms with Crippen molar-refractivity contribution in [2.45, 2.75) is 106 Å². The van der Waals surface area contributed by atoms with Gasteiger partial charge < -0.3 is 0 Å². The normalized spacial score (nSPS) is 42.4. The highest BCUT2D eigenvalue weighted by atomic mass is 32.3. The van der Waals surface area contributed by atoms with Crippen molar-refractivity contribution in [1.82, 2.24) is 0 Å². The quantitative estimate of drug-likeness (QED) is 0.306. The maximum absolute atomic E-state index is 11.3. The molecule has 0 bridgehead atoms. The monoisotopic (exact) mass is 492 g/mol. The summed E-state index contributed by atoms with van der Waals surface area (Å²) in [5, 5.41) is 0. The number of allylic oxidation sites excluding steroid dienone is 3. The number of rotatable bonds is 6. The van der Waals surface area contributed by atoms with E-state index in [9.17, 15) is 8.42 Å². The summed E-state index contributed by atoms with van der Waals surface area (Å²) in [6.07, 6.45) is 13.3. The fourth-order valence-electron chi connectivity index (χ4n) is 8.99. The van der Waals surface area contributed by atoms with Crippen LogP contribution in [0.15, 0.2) is 23.3 Å². The summed E-state index contributed by atoms with van der Waals surface area (Å²) in [5.41, 5.74) is 3.51. The Labute approximate surface area is 209 Å². The third-order valence-corrected chi connectivity index (χ3v) is 11.8. The number of fused-ring (bicyclic) bond motifs is 5. The Morgan fingerprint density at radius 3 is 2.44 bits per heavy atom. The molecule has 0 saturated heterocycles. The Kier molecular flexibility index (Phi) is 7.25. The van der Waals surface area contributed by atoms with Gasteiger partial charge in [-0.05, 0) is 111 Å². The van der Waals surface area contributed by atoms with E-state index in [-0.39, 0.29) is 5.41 Å². The minimum atomic E-state index is -4.39. The van der Waals surface area contributed by atoms with Crippen LogP contribution in [0.3, 0.4) is 0 Å². The molecule has 3 fully saturated rings. The molecule has 0 aromatic heterocycles. The van der Waals surface area contributed by atoms with E-state index in [2.05, 4.69) is 60.6 Å². The van der Waals surface area contributed by atoms with Gasteiger partial charge in [0.25, 0.3) is 0 Å². The minimum absolute atomic E-state index is 0.149.